The number of benzene rings is 2. The van der Waals surface area contributed by atoms with Crippen LogP contribution in [0, 0.1) is 6.92 Å². The Morgan fingerprint density at radius 2 is 2.10 bits per heavy atom. The molecule has 1 N–H and O–H groups in total. The van der Waals surface area contributed by atoms with Crippen LogP contribution in [-0.2, 0) is 17.8 Å². The van der Waals surface area contributed by atoms with Crippen LogP contribution in [0.3, 0.4) is 0 Å². The van der Waals surface area contributed by atoms with Crippen LogP contribution in [0.4, 0.5) is 0 Å². The van der Waals surface area contributed by atoms with Crippen LogP contribution < -0.4 is 10.9 Å². The number of nitrogens with one attached hydrogen (secondary N) is 1. The number of fused-ring (bicyclic) bond motifs is 4. The smallest absolute Gasteiger partial charge is 0.347 e. The number of nitrogens with zero attached hydrogens (tertiary/aromatic N) is 2. The summed E-state index contributed by atoms with van der Waals surface area (Å²) in [5, 5.41) is 8.63. The molecule has 0 saturated heterocycles. The van der Waals surface area contributed by atoms with Gasteiger partial charge >= 0.3 is 5.63 Å². The Morgan fingerprint density at radius 1 is 1.24 bits per heavy atom. The zero-order chi connectivity index (χ0) is 20.0. The quantitative estimate of drug-likeness (QED) is 0.545. The highest BCUT2D eigenvalue weighted by atomic mass is 16.4. The van der Waals surface area contributed by atoms with E-state index >= 15 is 0 Å². The number of aryl methyl sites for hydroxylation is 2. The van der Waals surface area contributed by atoms with E-state index in [1.54, 1.807) is 10.7 Å². The summed E-state index contributed by atoms with van der Waals surface area (Å²) in [6.07, 6.45) is 4.51. The summed E-state index contributed by atoms with van der Waals surface area (Å²) in [6.45, 7) is 2.03. The van der Waals surface area contributed by atoms with Crippen LogP contribution in [0.5, 0.6) is 0 Å². The topological polar surface area (TPSA) is 77.1 Å². The number of aromatic nitrogens is 2. The molecule has 1 amide bonds. The summed E-state index contributed by atoms with van der Waals surface area (Å²) < 4.78 is 6.99. The molecule has 0 unspecified atom stereocenters. The van der Waals surface area contributed by atoms with Crippen molar-refractivity contribution in [1.82, 2.24) is 15.1 Å². The average Bonchev–Trinajstić information content (AvgIpc) is 3.13. The van der Waals surface area contributed by atoms with Gasteiger partial charge in [0.2, 0.25) is 5.91 Å². The van der Waals surface area contributed by atoms with E-state index in [0.717, 1.165) is 30.2 Å². The van der Waals surface area contributed by atoms with Gasteiger partial charge in [-0.1, -0.05) is 35.9 Å². The van der Waals surface area contributed by atoms with Crippen molar-refractivity contribution in [2.24, 2.45) is 0 Å². The van der Waals surface area contributed by atoms with E-state index in [0.29, 0.717) is 16.5 Å². The van der Waals surface area contributed by atoms with Gasteiger partial charge in [-0.3, -0.25) is 9.48 Å². The van der Waals surface area contributed by atoms with Crippen LogP contribution in [0.25, 0.3) is 21.9 Å². The Morgan fingerprint density at radius 3 is 3.00 bits per heavy atom. The fraction of sp³-hybridized carbons (Fsp3) is 0.261. The fourth-order valence-electron chi connectivity index (χ4n) is 4.29. The maximum absolute atomic E-state index is 12.8. The number of hydrogen-bond acceptors (Lipinski definition) is 4. The molecule has 2 aromatic heterocycles. The Balaban J connectivity index is 1.48. The van der Waals surface area contributed by atoms with Gasteiger partial charge in [0.05, 0.1) is 17.8 Å². The van der Waals surface area contributed by atoms with Gasteiger partial charge in [-0.25, -0.2) is 4.79 Å². The fourth-order valence-corrected chi connectivity index (χ4v) is 4.29. The lowest BCUT2D eigenvalue weighted by Gasteiger charge is -2.26. The first-order valence-corrected chi connectivity index (χ1v) is 9.86. The van der Waals surface area contributed by atoms with E-state index in [4.69, 9.17) is 4.42 Å². The number of amides is 1. The monoisotopic (exact) mass is 387 g/mol. The Kier molecular flexibility index (Phi) is 4.19. The van der Waals surface area contributed by atoms with Gasteiger partial charge in [-0.2, -0.15) is 5.10 Å². The highest BCUT2D eigenvalue weighted by Crippen LogP contribution is 2.29. The minimum atomic E-state index is -0.441. The van der Waals surface area contributed by atoms with Gasteiger partial charge in [-0.15, -0.1) is 0 Å². The molecule has 0 radical (unpaired) electrons. The van der Waals surface area contributed by atoms with Crippen molar-refractivity contribution in [3.63, 3.8) is 0 Å². The average molecular weight is 387 g/mol. The molecule has 5 rings (SSSR count). The van der Waals surface area contributed by atoms with E-state index in [1.807, 2.05) is 31.2 Å². The van der Waals surface area contributed by atoms with Crippen molar-refractivity contribution in [3.05, 3.63) is 75.8 Å². The maximum Gasteiger partial charge on any atom is 0.347 e. The van der Waals surface area contributed by atoms with Crippen molar-refractivity contribution in [2.45, 2.75) is 38.8 Å². The highest BCUT2D eigenvalue weighted by molar-refractivity contribution is 6.02. The third kappa shape index (κ3) is 3.10. The third-order valence-corrected chi connectivity index (χ3v) is 5.65. The summed E-state index contributed by atoms with van der Waals surface area (Å²) in [7, 11) is 0. The highest BCUT2D eigenvalue weighted by Gasteiger charge is 2.22. The molecule has 2 aromatic carbocycles. The normalized spacial score (nSPS) is 16.1. The minimum absolute atomic E-state index is 0.0123. The SMILES string of the molecule is Cc1ccc2oc(=O)c3cnn(CC(=O)N[C@H]4CCCc5ccccc54)c3c2c1. The second-order valence-electron chi connectivity index (χ2n) is 7.66. The van der Waals surface area contributed by atoms with Crippen molar-refractivity contribution < 1.29 is 9.21 Å². The summed E-state index contributed by atoms with van der Waals surface area (Å²) in [4.78, 5) is 25.2. The van der Waals surface area contributed by atoms with E-state index in [9.17, 15) is 9.59 Å². The molecule has 6 nitrogen and oxygen atoms in total. The second kappa shape index (κ2) is 6.88. The van der Waals surface area contributed by atoms with E-state index in [1.165, 1.54) is 17.3 Å². The lowest BCUT2D eigenvalue weighted by Crippen LogP contribution is -2.33. The molecular weight excluding hydrogens is 366 g/mol. The van der Waals surface area contributed by atoms with Crippen LogP contribution >= 0.6 is 0 Å². The first-order valence-electron chi connectivity index (χ1n) is 9.86. The van der Waals surface area contributed by atoms with Crippen LogP contribution in [0.2, 0.25) is 0 Å². The molecular formula is C23H21N3O3. The molecule has 2 heterocycles. The van der Waals surface area contributed by atoms with Gasteiger partial charge in [-0.05, 0) is 49.4 Å². The van der Waals surface area contributed by atoms with Gasteiger partial charge < -0.3 is 9.73 Å². The number of rotatable bonds is 3. The molecule has 4 aromatic rings. The molecule has 0 fully saturated rings. The second-order valence-corrected chi connectivity index (χ2v) is 7.66. The van der Waals surface area contributed by atoms with E-state index in [2.05, 4.69) is 22.5 Å². The van der Waals surface area contributed by atoms with Crippen molar-refractivity contribution in [1.29, 1.82) is 0 Å². The van der Waals surface area contributed by atoms with Gasteiger partial charge in [0.1, 0.15) is 17.5 Å². The Labute approximate surface area is 167 Å². The molecule has 0 aliphatic heterocycles. The molecule has 146 valence electrons. The molecule has 0 bridgehead atoms. The van der Waals surface area contributed by atoms with Crippen molar-refractivity contribution in [3.8, 4) is 0 Å². The molecule has 29 heavy (non-hydrogen) atoms. The van der Waals surface area contributed by atoms with Gasteiger partial charge in [0.25, 0.3) is 0 Å². The van der Waals surface area contributed by atoms with Gasteiger partial charge in [0.15, 0.2) is 0 Å². The third-order valence-electron chi connectivity index (χ3n) is 5.65. The standard InChI is InChI=1S/C23H21N3O3/c1-14-9-10-20-17(11-14)22-18(23(28)29-20)12-24-26(22)13-21(27)25-19-8-4-6-15-5-2-3-7-16(15)19/h2-3,5,7,9-12,19H,4,6,8,13H2,1H3,(H,25,27)/t19-/m0/s1. The van der Waals surface area contributed by atoms with Crippen LogP contribution in [-0.4, -0.2) is 15.7 Å². The molecule has 1 aliphatic carbocycles. The lowest BCUT2D eigenvalue weighted by molar-refractivity contribution is -0.122. The number of hydrogen-bond donors (Lipinski definition) is 1. The van der Waals surface area contributed by atoms with Gasteiger partial charge in [0, 0.05) is 5.39 Å². The molecule has 6 heteroatoms. The molecule has 0 spiro atoms. The molecule has 0 saturated carbocycles. The predicted molar refractivity (Wildman–Crippen MR) is 111 cm³/mol. The predicted octanol–water partition coefficient (Wildman–Crippen LogP) is 3.64. The number of carbonyl (C=O) groups is 1. The van der Waals surface area contributed by atoms with Crippen molar-refractivity contribution in [2.75, 3.05) is 0 Å². The molecule has 1 aliphatic rings. The summed E-state index contributed by atoms with van der Waals surface area (Å²) in [5.74, 6) is -0.120. The van der Waals surface area contributed by atoms with E-state index in [-0.39, 0.29) is 18.5 Å². The lowest BCUT2D eigenvalue weighted by atomic mass is 9.88. The first kappa shape index (κ1) is 17.7. The minimum Gasteiger partial charge on any atom is -0.422 e. The Bertz CT molecular complexity index is 1300. The zero-order valence-electron chi connectivity index (χ0n) is 16.1. The largest absolute Gasteiger partial charge is 0.422 e. The maximum atomic E-state index is 12.8. The number of carbonyl (C=O) groups excluding carboxylic acids is 1. The zero-order valence-corrected chi connectivity index (χ0v) is 16.1. The summed E-state index contributed by atoms with van der Waals surface area (Å²) in [5.41, 5.74) is 4.23. The summed E-state index contributed by atoms with van der Waals surface area (Å²) in [6, 6.07) is 13.9. The first-order chi connectivity index (χ1) is 14.1. The van der Waals surface area contributed by atoms with E-state index < -0.39 is 5.63 Å². The molecule has 1 atom stereocenters. The van der Waals surface area contributed by atoms with Crippen LogP contribution in [0.1, 0.15) is 35.6 Å². The Hall–Kier alpha value is -3.41. The van der Waals surface area contributed by atoms with Crippen LogP contribution in [0.15, 0.2) is 57.9 Å². The van der Waals surface area contributed by atoms with Crippen molar-refractivity contribution >= 4 is 27.8 Å². The summed E-state index contributed by atoms with van der Waals surface area (Å²) >= 11 is 0.